The Morgan fingerprint density at radius 1 is 1.22 bits per heavy atom. The van der Waals surface area contributed by atoms with Crippen molar-refractivity contribution in [1.29, 1.82) is 5.26 Å². The van der Waals surface area contributed by atoms with E-state index in [2.05, 4.69) is 16.2 Å². The molecule has 3 aromatic rings. The first-order chi connectivity index (χ1) is 12.9. The van der Waals surface area contributed by atoms with Crippen LogP contribution in [0.25, 0.3) is 0 Å². The quantitative estimate of drug-likeness (QED) is 0.725. The third kappa shape index (κ3) is 4.01. The average molecular weight is 368 g/mol. The van der Waals surface area contributed by atoms with Crippen LogP contribution in [-0.2, 0) is 18.6 Å². The summed E-state index contributed by atoms with van der Waals surface area (Å²) in [5, 5.41) is 24.4. The molecule has 0 saturated carbocycles. The van der Waals surface area contributed by atoms with Gasteiger partial charge in [0, 0.05) is 11.6 Å². The molecule has 0 fully saturated rings. The Balaban J connectivity index is 1.96. The van der Waals surface area contributed by atoms with Crippen LogP contribution in [-0.4, -0.2) is 19.9 Å². The van der Waals surface area contributed by atoms with Gasteiger partial charge in [-0.1, -0.05) is 25.1 Å². The second-order valence-electron chi connectivity index (χ2n) is 6.56. The molecule has 0 aliphatic heterocycles. The van der Waals surface area contributed by atoms with E-state index in [0.29, 0.717) is 12.0 Å². The molecule has 2 aromatic carbocycles. The van der Waals surface area contributed by atoms with Gasteiger partial charge in [-0.15, -0.1) is 0 Å². The van der Waals surface area contributed by atoms with E-state index in [-0.39, 0.29) is 12.1 Å². The van der Waals surface area contributed by atoms with Crippen LogP contribution in [0.2, 0.25) is 0 Å². The Kier molecular flexibility index (Phi) is 5.28. The first kappa shape index (κ1) is 18.7. The summed E-state index contributed by atoms with van der Waals surface area (Å²) in [6.45, 7) is 1.75. The van der Waals surface area contributed by atoms with Crippen molar-refractivity contribution in [1.82, 2.24) is 14.8 Å². The van der Waals surface area contributed by atoms with E-state index >= 15 is 0 Å². The standard InChI is InChI=1S/C20H18F2N4O/c1-14(8-15-2-4-16(10-23)5-3-15)20(27,11-26-13-24-12-25-26)18-7-6-17(21)9-19(18)22/h2-7,9,12-14,27H,8,11H2,1H3/t14-,20+/m0/s1. The van der Waals surface area contributed by atoms with Gasteiger partial charge in [-0.3, -0.25) is 0 Å². The summed E-state index contributed by atoms with van der Waals surface area (Å²) in [7, 11) is 0. The number of aliphatic hydroxyl groups is 1. The monoisotopic (exact) mass is 368 g/mol. The molecule has 1 heterocycles. The topological polar surface area (TPSA) is 74.7 Å². The predicted octanol–water partition coefficient (Wildman–Crippen LogP) is 3.19. The molecule has 0 unspecified atom stereocenters. The summed E-state index contributed by atoms with van der Waals surface area (Å²) in [5.41, 5.74) is -0.213. The smallest absolute Gasteiger partial charge is 0.137 e. The van der Waals surface area contributed by atoms with Crippen LogP contribution in [0, 0.1) is 28.9 Å². The van der Waals surface area contributed by atoms with Gasteiger partial charge in [0.2, 0.25) is 0 Å². The van der Waals surface area contributed by atoms with Crippen molar-refractivity contribution < 1.29 is 13.9 Å². The number of nitriles is 1. The molecule has 1 aromatic heterocycles. The van der Waals surface area contributed by atoms with E-state index in [1.54, 1.807) is 31.2 Å². The zero-order valence-electron chi connectivity index (χ0n) is 14.7. The highest BCUT2D eigenvalue weighted by Crippen LogP contribution is 2.35. The molecule has 138 valence electrons. The molecule has 0 aliphatic rings. The zero-order valence-corrected chi connectivity index (χ0v) is 14.7. The van der Waals surface area contributed by atoms with Gasteiger partial charge < -0.3 is 5.11 Å². The SMILES string of the molecule is C[C@@H](Cc1ccc(C#N)cc1)[C@](O)(Cn1cncn1)c1ccc(F)cc1F. The van der Waals surface area contributed by atoms with Crippen molar-refractivity contribution in [3.8, 4) is 6.07 Å². The van der Waals surface area contributed by atoms with Crippen LogP contribution >= 0.6 is 0 Å². The normalized spacial score (nSPS) is 14.3. The zero-order chi connectivity index (χ0) is 19.4. The molecule has 5 nitrogen and oxygen atoms in total. The fourth-order valence-corrected chi connectivity index (χ4v) is 3.15. The van der Waals surface area contributed by atoms with Crippen molar-refractivity contribution >= 4 is 0 Å². The molecule has 7 heteroatoms. The molecule has 0 amide bonds. The third-order valence-corrected chi connectivity index (χ3v) is 4.71. The van der Waals surface area contributed by atoms with Gasteiger partial charge in [0.05, 0.1) is 18.2 Å². The molecule has 3 rings (SSSR count). The Morgan fingerprint density at radius 2 is 1.96 bits per heavy atom. The van der Waals surface area contributed by atoms with Crippen LogP contribution in [0.1, 0.15) is 23.6 Å². The lowest BCUT2D eigenvalue weighted by Crippen LogP contribution is -2.40. The van der Waals surface area contributed by atoms with Crippen LogP contribution in [0.4, 0.5) is 8.78 Å². The predicted molar refractivity (Wildman–Crippen MR) is 94.3 cm³/mol. The highest BCUT2D eigenvalue weighted by molar-refractivity contribution is 5.32. The van der Waals surface area contributed by atoms with E-state index < -0.39 is 23.2 Å². The van der Waals surface area contributed by atoms with Crippen molar-refractivity contribution in [2.75, 3.05) is 0 Å². The molecule has 0 radical (unpaired) electrons. The average Bonchev–Trinajstić information content (AvgIpc) is 3.15. The molecular weight excluding hydrogens is 350 g/mol. The van der Waals surface area contributed by atoms with E-state index in [9.17, 15) is 13.9 Å². The van der Waals surface area contributed by atoms with Crippen molar-refractivity contribution in [3.05, 3.63) is 83.4 Å². The largest absolute Gasteiger partial charge is 0.383 e. The molecule has 27 heavy (non-hydrogen) atoms. The molecule has 0 spiro atoms. The highest BCUT2D eigenvalue weighted by Gasteiger charge is 2.39. The van der Waals surface area contributed by atoms with Gasteiger partial charge >= 0.3 is 0 Å². The number of halogens is 2. The minimum atomic E-state index is -1.64. The maximum atomic E-state index is 14.5. The Morgan fingerprint density at radius 3 is 2.56 bits per heavy atom. The van der Waals surface area contributed by atoms with E-state index in [1.165, 1.54) is 23.4 Å². The number of hydrogen-bond acceptors (Lipinski definition) is 4. The maximum absolute atomic E-state index is 14.5. The molecule has 2 atom stereocenters. The Labute approximate surface area is 155 Å². The van der Waals surface area contributed by atoms with Crippen molar-refractivity contribution in [3.63, 3.8) is 0 Å². The summed E-state index contributed by atoms with van der Waals surface area (Å²) < 4.78 is 29.3. The molecule has 0 bridgehead atoms. The first-order valence-electron chi connectivity index (χ1n) is 8.41. The number of nitrogens with zero attached hydrogens (tertiary/aromatic N) is 4. The lowest BCUT2D eigenvalue weighted by atomic mass is 9.78. The Hall–Kier alpha value is -3.11. The number of benzene rings is 2. The fourth-order valence-electron chi connectivity index (χ4n) is 3.15. The van der Waals surface area contributed by atoms with Crippen LogP contribution in [0.15, 0.2) is 55.1 Å². The van der Waals surface area contributed by atoms with Gasteiger partial charge in [0.25, 0.3) is 0 Å². The van der Waals surface area contributed by atoms with Gasteiger partial charge in [0.15, 0.2) is 0 Å². The van der Waals surface area contributed by atoms with Crippen LogP contribution in [0.3, 0.4) is 0 Å². The second-order valence-corrected chi connectivity index (χ2v) is 6.56. The lowest BCUT2D eigenvalue weighted by molar-refractivity contribution is -0.0389. The fraction of sp³-hybridized carbons (Fsp3) is 0.250. The molecule has 1 N–H and O–H groups in total. The second kappa shape index (κ2) is 7.64. The summed E-state index contributed by atoms with van der Waals surface area (Å²) in [6.07, 6.45) is 3.18. The summed E-state index contributed by atoms with van der Waals surface area (Å²) >= 11 is 0. The molecule has 0 saturated heterocycles. The van der Waals surface area contributed by atoms with Crippen LogP contribution in [0.5, 0.6) is 0 Å². The summed E-state index contributed by atoms with van der Waals surface area (Å²) in [5.74, 6) is -1.96. The van der Waals surface area contributed by atoms with E-state index in [1.807, 2.05) is 0 Å². The molecular formula is C20H18F2N4O. The lowest BCUT2D eigenvalue weighted by Gasteiger charge is -2.35. The maximum Gasteiger partial charge on any atom is 0.137 e. The number of rotatable bonds is 6. The van der Waals surface area contributed by atoms with Gasteiger partial charge in [-0.2, -0.15) is 10.4 Å². The summed E-state index contributed by atoms with van der Waals surface area (Å²) in [6, 6.07) is 12.2. The van der Waals surface area contributed by atoms with Gasteiger partial charge in [-0.25, -0.2) is 18.4 Å². The Bertz CT molecular complexity index is 951. The minimum Gasteiger partial charge on any atom is -0.383 e. The number of hydrogen-bond donors (Lipinski definition) is 1. The highest BCUT2D eigenvalue weighted by atomic mass is 19.1. The van der Waals surface area contributed by atoms with E-state index in [4.69, 9.17) is 5.26 Å². The van der Waals surface area contributed by atoms with E-state index in [0.717, 1.165) is 17.7 Å². The first-order valence-corrected chi connectivity index (χ1v) is 8.41. The molecule has 0 aliphatic carbocycles. The third-order valence-electron chi connectivity index (χ3n) is 4.71. The van der Waals surface area contributed by atoms with Gasteiger partial charge in [0.1, 0.15) is 29.9 Å². The van der Waals surface area contributed by atoms with Crippen LogP contribution < -0.4 is 0 Å². The van der Waals surface area contributed by atoms with Crippen molar-refractivity contribution in [2.24, 2.45) is 5.92 Å². The minimum absolute atomic E-state index is 0.000505. The van der Waals surface area contributed by atoms with Crippen molar-refractivity contribution in [2.45, 2.75) is 25.5 Å². The van der Waals surface area contributed by atoms with Gasteiger partial charge in [-0.05, 0) is 36.1 Å². The summed E-state index contributed by atoms with van der Waals surface area (Å²) in [4.78, 5) is 3.86. The number of aromatic nitrogens is 3.